The van der Waals surface area contributed by atoms with E-state index in [1.165, 1.54) is 19.3 Å². The van der Waals surface area contributed by atoms with Gasteiger partial charge in [-0.25, -0.2) is 0 Å². The molecule has 20 heavy (non-hydrogen) atoms. The first-order valence-electron chi connectivity index (χ1n) is 7.54. The Bertz CT molecular complexity index is 247. The molecule has 0 amide bonds. The number of unbranched alkanes of at least 4 members (excludes halogenated alkanes) is 1. The van der Waals surface area contributed by atoms with Gasteiger partial charge in [0.05, 0.1) is 0 Å². The summed E-state index contributed by atoms with van der Waals surface area (Å²) in [6.45, 7) is 13.9. The smallest absolute Gasteiger partial charge is 0.191 e. The Kier molecular flexibility index (Phi) is 14.1. The first-order chi connectivity index (χ1) is 8.85. The molecular weight excluding hydrogens is 363 g/mol. The SMILES string of the molecule is CN=C(NCCCCC(C)C)NCCNC(C)(C)C.I. The quantitative estimate of drug-likeness (QED) is 0.255. The Morgan fingerprint density at radius 3 is 2.10 bits per heavy atom. The summed E-state index contributed by atoms with van der Waals surface area (Å²) in [7, 11) is 1.82. The number of nitrogens with zero attached hydrogens (tertiary/aromatic N) is 1. The van der Waals surface area contributed by atoms with Crippen LogP contribution >= 0.6 is 24.0 Å². The van der Waals surface area contributed by atoms with Crippen molar-refractivity contribution in [3.8, 4) is 0 Å². The number of halogens is 1. The summed E-state index contributed by atoms with van der Waals surface area (Å²) in [5.41, 5.74) is 0.176. The molecule has 0 aromatic heterocycles. The molecule has 3 N–H and O–H groups in total. The number of nitrogens with one attached hydrogen (secondary N) is 3. The number of guanidine groups is 1. The zero-order chi connectivity index (χ0) is 14.7. The molecule has 0 saturated carbocycles. The minimum Gasteiger partial charge on any atom is -0.356 e. The summed E-state index contributed by atoms with van der Waals surface area (Å²) < 4.78 is 0. The van der Waals surface area contributed by atoms with Gasteiger partial charge in [0, 0.05) is 32.2 Å². The Morgan fingerprint density at radius 1 is 1.00 bits per heavy atom. The summed E-state index contributed by atoms with van der Waals surface area (Å²) in [5, 5.41) is 10.1. The van der Waals surface area contributed by atoms with Crippen molar-refractivity contribution in [1.82, 2.24) is 16.0 Å². The molecule has 0 radical (unpaired) electrons. The van der Waals surface area contributed by atoms with Crippen molar-refractivity contribution in [2.75, 3.05) is 26.7 Å². The summed E-state index contributed by atoms with van der Waals surface area (Å²) in [6.07, 6.45) is 3.80. The lowest BCUT2D eigenvalue weighted by molar-refractivity contribution is 0.428. The van der Waals surface area contributed by atoms with E-state index in [0.29, 0.717) is 0 Å². The molecule has 5 heteroatoms. The first kappa shape index (κ1) is 22.2. The van der Waals surface area contributed by atoms with Gasteiger partial charge in [0.1, 0.15) is 0 Å². The van der Waals surface area contributed by atoms with E-state index < -0.39 is 0 Å². The van der Waals surface area contributed by atoms with E-state index in [4.69, 9.17) is 0 Å². The van der Waals surface area contributed by atoms with Crippen LogP contribution in [0.1, 0.15) is 53.9 Å². The lowest BCUT2D eigenvalue weighted by Crippen LogP contribution is -2.44. The van der Waals surface area contributed by atoms with Crippen molar-refractivity contribution in [2.45, 2.75) is 59.4 Å². The second-order valence-corrected chi connectivity index (χ2v) is 6.49. The Labute approximate surface area is 143 Å². The number of hydrogen-bond donors (Lipinski definition) is 3. The summed E-state index contributed by atoms with van der Waals surface area (Å²) >= 11 is 0. The minimum absolute atomic E-state index is 0. The highest BCUT2D eigenvalue weighted by Crippen LogP contribution is 2.04. The summed E-state index contributed by atoms with van der Waals surface area (Å²) in [4.78, 5) is 4.22. The van der Waals surface area contributed by atoms with Crippen molar-refractivity contribution in [3.63, 3.8) is 0 Å². The average Bonchev–Trinajstić information content (AvgIpc) is 2.29. The molecule has 4 nitrogen and oxygen atoms in total. The van der Waals surface area contributed by atoms with Gasteiger partial charge < -0.3 is 16.0 Å². The van der Waals surface area contributed by atoms with E-state index in [2.05, 4.69) is 55.6 Å². The van der Waals surface area contributed by atoms with E-state index in [0.717, 1.165) is 31.5 Å². The van der Waals surface area contributed by atoms with Crippen LogP contribution in [0.15, 0.2) is 4.99 Å². The highest BCUT2D eigenvalue weighted by molar-refractivity contribution is 14.0. The maximum Gasteiger partial charge on any atom is 0.191 e. The Morgan fingerprint density at radius 2 is 1.60 bits per heavy atom. The topological polar surface area (TPSA) is 48.5 Å². The number of hydrogen-bond acceptors (Lipinski definition) is 2. The molecule has 0 aliphatic heterocycles. The predicted octanol–water partition coefficient (Wildman–Crippen LogP) is 2.98. The van der Waals surface area contributed by atoms with Crippen LogP contribution in [-0.4, -0.2) is 38.2 Å². The van der Waals surface area contributed by atoms with Crippen molar-refractivity contribution < 1.29 is 0 Å². The predicted molar refractivity (Wildman–Crippen MR) is 101 cm³/mol. The summed E-state index contributed by atoms with van der Waals surface area (Å²) in [6, 6.07) is 0. The standard InChI is InChI=1S/C15H34N4.HI/c1-13(2)9-7-8-10-17-14(16-6)18-11-12-19-15(3,4)5;/h13,19H,7-12H2,1-6H3,(H2,16,17,18);1H. The monoisotopic (exact) mass is 398 g/mol. The van der Waals surface area contributed by atoms with Crippen LogP contribution in [0.4, 0.5) is 0 Å². The van der Waals surface area contributed by atoms with Crippen LogP contribution in [-0.2, 0) is 0 Å². The average molecular weight is 398 g/mol. The first-order valence-corrected chi connectivity index (χ1v) is 7.54. The van der Waals surface area contributed by atoms with Crippen LogP contribution < -0.4 is 16.0 Å². The molecule has 0 fully saturated rings. The third kappa shape index (κ3) is 16.0. The molecule has 0 rings (SSSR count). The Balaban J connectivity index is 0. The molecule has 0 saturated heterocycles. The maximum absolute atomic E-state index is 4.22. The molecule has 0 aromatic carbocycles. The zero-order valence-electron chi connectivity index (χ0n) is 14.2. The highest BCUT2D eigenvalue weighted by Gasteiger charge is 2.07. The molecule has 0 aliphatic rings. The van der Waals surface area contributed by atoms with Crippen LogP contribution in [0.5, 0.6) is 0 Å². The van der Waals surface area contributed by atoms with Gasteiger partial charge in [-0.15, -0.1) is 24.0 Å². The maximum atomic E-state index is 4.22. The third-order valence-corrected chi connectivity index (χ3v) is 2.80. The van der Waals surface area contributed by atoms with Gasteiger partial charge in [0.25, 0.3) is 0 Å². The van der Waals surface area contributed by atoms with E-state index >= 15 is 0 Å². The molecule has 0 bridgehead atoms. The van der Waals surface area contributed by atoms with Gasteiger partial charge in [0.15, 0.2) is 5.96 Å². The highest BCUT2D eigenvalue weighted by atomic mass is 127. The van der Waals surface area contributed by atoms with E-state index in [1.54, 1.807) is 0 Å². The van der Waals surface area contributed by atoms with Gasteiger partial charge >= 0.3 is 0 Å². The van der Waals surface area contributed by atoms with Crippen molar-refractivity contribution in [1.29, 1.82) is 0 Å². The van der Waals surface area contributed by atoms with E-state index in [9.17, 15) is 0 Å². The second-order valence-electron chi connectivity index (χ2n) is 6.49. The van der Waals surface area contributed by atoms with Gasteiger partial charge in [0.2, 0.25) is 0 Å². The normalized spacial score (nSPS) is 12.2. The largest absolute Gasteiger partial charge is 0.356 e. The zero-order valence-corrected chi connectivity index (χ0v) is 16.5. The van der Waals surface area contributed by atoms with Gasteiger partial charge in [-0.05, 0) is 33.1 Å². The molecule has 0 heterocycles. The van der Waals surface area contributed by atoms with E-state index in [1.807, 2.05) is 7.05 Å². The molecule has 122 valence electrons. The van der Waals surface area contributed by atoms with Gasteiger partial charge in [-0.3, -0.25) is 4.99 Å². The van der Waals surface area contributed by atoms with Crippen molar-refractivity contribution in [3.05, 3.63) is 0 Å². The van der Waals surface area contributed by atoms with Gasteiger partial charge in [-0.1, -0.05) is 26.7 Å². The van der Waals surface area contributed by atoms with Crippen LogP contribution in [0, 0.1) is 5.92 Å². The fourth-order valence-corrected chi connectivity index (χ4v) is 1.72. The van der Waals surface area contributed by atoms with E-state index in [-0.39, 0.29) is 29.5 Å². The lowest BCUT2D eigenvalue weighted by atomic mass is 10.1. The third-order valence-electron chi connectivity index (χ3n) is 2.80. The van der Waals surface area contributed by atoms with Crippen LogP contribution in [0.25, 0.3) is 0 Å². The molecule has 0 aromatic rings. The molecular formula is C15H35IN4. The number of aliphatic imine (C=N–C) groups is 1. The fourth-order valence-electron chi connectivity index (χ4n) is 1.72. The van der Waals surface area contributed by atoms with Crippen LogP contribution in [0.2, 0.25) is 0 Å². The molecule has 0 spiro atoms. The molecule has 0 aliphatic carbocycles. The molecule has 0 atom stereocenters. The van der Waals surface area contributed by atoms with Crippen molar-refractivity contribution in [2.24, 2.45) is 10.9 Å². The summed E-state index contributed by atoms with van der Waals surface area (Å²) in [5.74, 6) is 1.71. The minimum atomic E-state index is 0. The lowest BCUT2D eigenvalue weighted by Gasteiger charge is -2.21. The van der Waals surface area contributed by atoms with Crippen LogP contribution in [0.3, 0.4) is 0 Å². The van der Waals surface area contributed by atoms with Crippen molar-refractivity contribution >= 4 is 29.9 Å². The fraction of sp³-hybridized carbons (Fsp3) is 0.933. The molecule has 0 unspecified atom stereocenters. The second kappa shape index (κ2) is 12.7. The number of rotatable bonds is 8. The van der Waals surface area contributed by atoms with Gasteiger partial charge in [-0.2, -0.15) is 0 Å². The Hall–Kier alpha value is -0.0400.